The van der Waals surface area contributed by atoms with Gasteiger partial charge in [0.05, 0.1) is 12.0 Å². The number of benzene rings is 1. The lowest BCUT2D eigenvalue weighted by Gasteiger charge is -1.99. The van der Waals surface area contributed by atoms with Gasteiger partial charge in [0.2, 0.25) is 0 Å². The van der Waals surface area contributed by atoms with Gasteiger partial charge in [-0.25, -0.2) is 17.2 Å². The number of halogens is 2. The van der Waals surface area contributed by atoms with Gasteiger partial charge in [0.15, 0.2) is 21.5 Å². The molecule has 0 unspecified atom stereocenters. The quantitative estimate of drug-likeness (QED) is 0.736. The summed E-state index contributed by atoms with van der Waals surface area (Å²) in [5, 5.41) is 0. The average molecular weight is 205 g/mol. The van der Waals surface area contributed by atoms with Crippen LogP contribution in [-0.2, 0) is 15.6 Å². The van der Waals surface area contributed by atoms with Crippen molar-refractivity contribution in [3.8, 4) is 0 Å². The first kappa shape index (κ1) is 10.1. The van der Waals surface area contributed by atoms with Crippen LogP contribution in [0.2, 0.25) is 0 Å². The minimum Gasteiger partial charge on any atom is -0.228 e. The Hall–Kier alpha value is -0.970. The van der Waals surface area contributed by atoms with E-state index in [1.165, 1.54) is 6.07 Å². The van der Waals surface area contributed by atoms with Crippen LogP contribution in [0.5, 0.6) is 0 Å². The Bertz CT molecular complexity index is 412. The van der Waals surface area contributed by atoms with Crippen LogP contribution < -0.4 is 0 Å². The van der Waals surface area contributed by atoms with Crippen molar-refractivity contribution < 1.29 is 17.2 Å². The fraction of sp³-hybridized carbons (Fsp3) is 0.125. The maximum Gasteiger partial charge on any atom is 0.159 e. The lowest BCUT2D eigenvalue weighted by Crippen LogP contribution is -1.99. The normalized spacial score (nSPS) is 11.6. The van der Waals surface area contributed by atoms with E-state index in [1.54, 1.807) is 0 Å². The summed E-state index contributed by atoms with van der Waals surface area (Å²) in [7, 11) is -3.45. The van der Waals surface area contributed by atoms with E-state index >= 15 is 0 Å². The molecular weight excluding hydrogens is 198 g/mol. The maximum atomic E-state index is 12.6. The topological polar surface area (TPSA) is 34.1 Å². The third-order valence-electron chi connectivity index (χ3n) is 1.37. The Kier molecular flexibility index (Phi) is 2.66. The van der Waals surface area contributed by atoms with E-state index in [0.717, 1.165) is 12.1 Å². The van der Waals surface area contributed by atoms with Crippen LogP contribution in [0, 0.1) is 17.9 Å². The van der Waals surface area contributed by atoms with E-state index < -0.39 is 21.5 Å². The van der Waals surface area contributed by atoms with Crippen molar-refractivity contribution in [3.63, 3.8) is 0 Å². The summed E-state index contributed by atoms with van der Waals surface area (Å²) < 4.78 is 46.3. The molecule has 0 N–H and O–H groups in total. The third kappa shape index (κ3) is 3.10. The smallest absolute Gasteiger partial charge is 0.159 e. The summed E-state index contributed by atoms with van der Waals surface area (Å²) in [6.45, 7) is 0. The Morgan fingerprint density at radius 2 is 1.85 bits per heavy atom. The van der Waals surface area contributed by atoms with Gasteiger partial charge in [-0.05, 0) is 17.7 Å². The van der Waals surface area contributed by atoms with Crippen LogP contribution in [0.25, 0.3) is 0 Å². The molecule has 0 bridgehead atoms. The van der Waals surface area contributed by atoms with Gasteiger partial charge in [0, 0.05) is 0 Å². The highest BCUT2D eigenvalue weighted by Crippen LogP contribution is 2.11. The van der Waals surface area contributed by atoms with Gasteiger partial charge >= 0.3 is 0 Å². The molecule has 0 aliphatic heterocycles. The van der Waals surface area contributed by atoms with Crippen molar-refractivity contribution in [1.82, 2.24) is 0 Å². The molecule has 1 rings (SSSR count). The molecule has 0 amide bonds. The zero-order chi connectivity index (χ0) is 10.1. The number of rotatable bonds is 2. The van der Waals surface area contributed by atoms with Crippen molar-refractivity contribution in [2.45, 2.75) is 5.75 Å². The molecule has 0 aliphatic carbocycles. The van der Waals surface area contributed by atoms with E-state index in [4.69, 9.17) is 0 Å². The molecule has 0 saturated carbocycles. The third-order valence-corrected chi connectivity index (χ3v) is 2.14. The Labute approximate surface area is 75.1 Å². The number of hydrogen-bond acceptors (Lipinski definition) is 2. The molecule has 0 spiro atoms. The molecule has 0 saturated heterocycles. The Balaban J connectivity index is 2.99. The summed E-state index contributed by atoms with van der Waals surface area (Å²) in [6.07, 6.45) is 2.87. The second-order valence-corrected chi connectivity index (χ2v) is 4.41. The van der Waals surface area contributed by atoms with Crippen LogP contribution in [-0.4, -0.2) is 8.42 Å². The largest absolute Gasteiger partial charge is 0.228 e. The lowest BCUT2D eigenvalue weighted by atomic mass is 10.2. The summed E-state index contributed by atoms with van der Waals surface area (Å²) in [5.74, 6) is -2.43. The molecule has 0 aromatic heterocycles. The zero-order valence-corrected chi connectivity index (χ0v) is 7.44. The molecule has 5 heteroatoms. The predicted octanol–water partition coefficient (Wildman–Crippen LogP) is 1.67. The van der Waals surface area contributed by atoms with Crippen LogP contribution >= 0.6 is 0 Å². The molecule has 1 aromatic rings. The molecule has 71 valence electrons. The highest BCUT2D eigenvalue weighted by Gasteiger charge is 2.07. The monoisotopic (exact) mass is 205 g/mol. The van der Waals surface area contributed by atoms with E-state index in [-0.39, 0.29) is 11.3 Å². The van der Waals surface area contributed by atoms with Crippen LogP contribution in [0.3, 0.4) is 0 Å². The van der Waals surface area contributed by atoms with Crippen LogP contribution in [0.4, 0.5) is 8.78 Å². The second kappa shape index (κ2) is 3.41. The summed E-state index contributed by atoms with van der Waals surface area (Å²) in [6, 6.07) is 2.94. The summed E-state index contributed by atoms with van der Waals surface area (Å²) in [4.78, 5) is 0. The number of hydrogen-bond donors (Lipinski definition) is 0. The van der Waals surface area contributed by atoms with Crippen molar-refractivity contribution in [2.24, 2.45) is 0 Å². The predicted molar refractivity (Wildman–Crippen MR) is 44.3 cm³/mol. The lowest BCUT2D eigenvalue weighted by molar-refractivity contribution is 0.507. The van der Waals surface area contributed by atoms with Crippen molar-refractivity contribution in [2.75, 3.05) is 0 Å². The zero-order valence-electron chi connectivity index (χ0n) is 6.63. The van der Waals surface area contributed by atoms with E-state index in [0.29, 0.717) is 0 Å². The molecule has 1 radical (unpaired) electrons. The fourth-order valence-corrected chi connectivity index (χ4v) is 1.57. The molecule has 0 aliphatic rings. The summed E-state index contributed by atoms with van der Waals surface area (Å²) in [5.41, 5.74) is 0.189. The first-order valence-electron chi connectivity index (χ1n) is 3.38. The molecule has 13 heavy (non-hydrogen) atoms. The molecule has 0 heterocycles. The second-order valence-electron chi connectivity index (χ2n) is 2.64. The standard InChI is InChI=1S/C8H7F2O2S/c1-13(11,12)5-6-2-3-7(9)8(10)4-6/h2-4H,1,5H2. The van der Waals surface area contributed by atoms with Gasteiger partial charge in [-0.3, -0.25) is 0 Å². The van der Waals surface area contributed by atoms with E-state index in [1.807, 2.05) is 0 Å². The maximum absolute atomic E-state index is 12.6. The van der Waals surface area contributed by atoms with Crippen molar-refractivity contribution in [3.05, 3.63) is 41.7 Å². The minimum atomic E-state index is -3.45. The number of sulfone groups is 1. The average Bonchev–Trinajstić information content (AvgIpc) is 1.94. The van der Waals surface area contributed by atoms with Crippen LogP contribution in [0.15, 0.2) is 18.2 Å². The first-order chi connectivity index (χ1) is 5.88. The molecule has 0 atom stereocenters. The van der Waals surface area contributed by atoms with Gasteiger partial charge in [-0.15, -0.1) is 0 Å². The molecule has 2 nitrogen and oxygen atoms in total. The van der Waals surface area contributed by atoms with Crippen LogP contribution in [0.1, 0.15) is 5.56 Å². The van der Waals surface area contributed by atoms with Gasteiger partial charge < -0.3 is 0 Å². The van der Waals surface area contributed by atoms with E-state index in [2.05, 4.69) is 6.26 Å². The van der Waals surface area contributed by atoms with E-state index in [9.17, 15) is 17.2 Å². The van der Waals surface area contributed by atoms with Crippen molar-refractivity contribution in [1.29, 1.82) is 0 Å². The first-order valence-corrected chi connectivity index (χ1v) is 5.20. The Morgan fingerprint density at radius 1 is 1.23 bits per heavy atom. The van der Waals surface area contributed by atoms with Gasteiger partial charge in [0.25, 0.3) is 0 Å². The Morgan fingerprint density at radius 3 is 2.31 bits per heavy atom. The van der Waals surface area contributed by atoms with Gasteiger partial charge in [0.1, 0.15) is 0 Å². The molecular formula is C8H7F2O2S. The highest BCUT2D eigenvalue weighted by atomic mass is 32.2. The molecule has 1 aromatic carbocycles. The van der Waals surface area contributed by atoms with Gasteiger partial charge in [-0.2, -0.15) is 0 Å². The van der Waals surface area contributed by atoms with Gasteiger partial charge in [-0.1, -0.05) is 6.07 Å². The summed E-state index contributed by atoms with van der Waals surface area (Å²) >= 11 is 0. The highest BCUT2D eigenvalue weighted by molar-refractivity contribution is 7.91. The fourth-order valence-electron chi connectivity index (χ4n) is 0.883. The SMILES string of the molecule is [CH2]S(=O)(=O)Cc1ccc(F)c(F)c1. The minimum absolute atomic E-state index is 0.189. The molecule has 0 fully saturated rings. The van der Waals surface area contributed by atoms with Crippen molar-refractivity contribution >= 4 is 9.84 Å².